The molecule has 2 aromatic rings. The van der Waals surface area contributed by atoms with E-state index in [2.05, 4.69) is 15.3 Å². The van der Waals surface area contributed by atoms with Crippen LogP contribution in [0.5, 0.6) is 0 Å². The first-order valence-corrected chi connectivity index (χ1v) is 5.71. The Morgan fingerprint density at radius 2 is 2.40 bits per heavy atom. The monoisotopic (exact) mass is 222 g/mol. The van der Waals surface area contributed by atoms with Crippen LogP contribution in [-0.4, -0.2) is 14.5 Å². The Hall–Kier alpha value is -1.20. The van der Waals surface area contributed by atoms with Crippen molar-refractivity contribution in [3.8, 4) is 0 Å². The molecule has 80 valence electrons. The molecule has 2 aromatic heterocycles. The van der Waals surface area contributed by atoms with Crippen LogP contribution in [0.15, 0.2) is 17.9 Å². The third-order valence-corrected chi connectivity index (χ3v) is 3.03. The largest absolute Gasteiger partial charge is 0.327 e. The fourth-order valence-corrected chi connectivity index (χ4v) is 2.10. The predicted octanol–water partition coefficient (Wildman–Crippen LogP) is 1.72. The van der Waals surface area contributed by atoms with Gasteiger partial charge in [-0.1, -0.05) is 0 Å². The topological polar surface area (TPSA) is 56.7 Å². The Morgan fingerprint density at radius 1 is 1.60 bits per heavy atom. The first-order valence-electron chi connectivity index (χ1n) is 4.83. The molecule has 0 saturated heterocycles. The highest BCUT2D eigenvalue weighted by Gasteiger charge is 2.08. The molecule has 0 aromatic carbocycles. The van der Waals surface area contributed by atoms with Gasteiger partial charge in [-0.05, 0) is 13.8 Å². The normalized spacial score (nSPS) is 13.0. The van der Waals surface area contributed by atoms with Crippen molar-refractivity contribution in [3.05, 3.63) is 34.3 Å². The van der Waals surface area contributed by atoms with Crippen molar-refractivity contribution in [1.82, 2.24) is 14.5 Å². The quantitative estimate of drug-likeness (QED) is 0.860. The maximum Gasteiger partial charge on any atom is 0.0952 e. The van der Waals surface area contributed by atoms with E-state index in [0.29, 0.717) is 0 Å². The molecule has 0 bridgehead atoms. The zero-order valence-electron chi connectivity index (χ0n) is 8.84. The van der Waals surface area contributed by atoms with Gasteiger partial charge in [0.2, 0.25) is 0 Å². The van der Waals surface area contributed by atoms with Gasteiger partial charge in [0.15, 0.2) is 0 Å². The molecule has 2 N–H and O–H groups in total. The molecule has 2 rings (SSSR count). The van der Waals surface area contributed by atoms with E-state index in [1.165, 1.54) is 0 Å². The average Bonchev–Trinajstić information content (AvgIpc) is 2.75. The Morgan fingerprint density at radius 3 is 3.00 bits per heavy atom. The van der Waals surface area contributed by atoms with Gasteiger partial charge in [0.05, 0.1) is 29.3 Å². The van der Waals surface area contributed by atoms with Gasteiger partial charge in [0.1, 0.15) is 0 Å². The van der Waals surface area contributed by atoms with E-state index in [1.807, 2.05) is 24.6 Å². The van der Waals surface area contributed by atoms with E-state index in [0.717, 1.165) is 22.9 Å². The van der Waals surface area contributed by atoms with E-state index in [4.69, 9.17) is 5.73 Å². The summed E-state index contributed by atoms with van der Waals surface area (Å²) in [6, 6.07) is 0.00670. The van der Waals surface area contributed by atoms with Crippen LogP contribution in [0.25, 0.3) is 0 Å². The fraction of sp³-hybridized carbons (Fsp3) is 0.400. The van der Waals surface area contributed by atoms with Crippen LogP contribution in [0, 0.1) is 6.92 Å². The van der Waals surface area contributed by atoms with Gasteiger partial charge in [-0.2, -0.15) is 0 Å². The number of nitrogens with two attached hydrogens (primary N) is 1. The highest BCUT2D eigenvalue weighted by Crippen LogP contribution is 2.13. The number of rotatable bonds is 3. The lowest BCUT2D eigenvalue weighted by atomic mass is 10.2. The average molecular weight is 222 g/mol. The van der Waals surface area contributed by atoms with Crippen LogP contribution in [0.3, 0.4) is 0 Å². The van der Waals surface area contributed by atoms with Crippen LogP contribution in [-0.2, 0) is 6.54 Å². The number of thiazole rings is 1. The molecule has 2 heterocycles. The summed E-state index contributed by atoms with van der Waals surface area (Å²) < 4.78 is 2.04. The van der Waals surface area contributed by atoms with Crippen molar-refractivity contribution < 1.29 is 0 Å². The Bertz CT molecular complexity index is 444. The summed E-state index contributed by atoms with van der Waals surface area (Å²) in [5.74, 6) is 0. The van der Waals surface area contributed by atoms with Crippen molar-refractivity contribution >= 4 is 11.3 Å². The maximum atomic E-state index is 5.84. The van der Waals surface area contributed by atoms with Crippen molar-refractivity contribution in [2.24, 2.45) is 5.73 Å². The van der Waals surface area contributed by atoms with E-state index in [9.17, 15) is 0 Å². The molecule has 4 nitrogen and oxygen atoms in total. The van der Waals surface area contributed by atoms with Gasteiger partial charge < -0.3 is 10.3 Å². The highest BCUT2D eigenvalue weighted by molar-refractivity contribution is 7.09. The second-order valence-electron chi connectivity index (χ2n) is 3.59. The predicted molar refractivity (Wildman–Crippen MR) is 60.8 cm³/mol. The van der Waals surface area contributed by atoms with Crippen molar-refractivity contribution in [2.45, 2.75) is 26.4 Å². The molecule has 0 aliphatic rings. The van der Waals surface area contributed by atoms with Gasteiger partial charge in [0.25, 0.3) is 0 Å². The summed E-state index contributed by atoms with van der Waals surface area (Å²) in [5.41, 5.74) is 7.95. The summed E-state index contributed by atoms with van der Waals surface area (Å²) in [6.45, 7) is 4.72. The molecule has 0 spiro atoms. The standard InChI is InChI=1S/C10H14N4S/c1-7(11)10-3-12-6-14(10)4-9-5-15-8(2)13-9/h3,5-7H,4,11H2,1-2H3/t7-/m0/s1. The van der Waals surface area contributed by atoms with E-state index in [1.54, 1.807) is 17.7 Å². The maximum absolute atomic E-state index is 5.84. The molecule has 0 radical (unpaired) electrons. The summed E-state index contributed by atoms with van der Waals surface area (Å²) >= 11 is 1.66. The van der Waals surface area contributed by atoms with Gasteiger partial charge in [-0.15, -0.1) is 11.3 Å². The number of aromatic nitrogens is 3. The third-order valence-electron chi connectivity index (χ3n) is 2.21. The van der Waals surface area contributed by atoms with Gasteiger partial charge in [-0.3, -0.25) is 0 Å². The number of nitrogens with zero attached hydrogens (tertiary/aromatic N) is 3. The number of aryl methyl sites for hydroxylation is 1. The molecule has 1 atom stereocenters. The molecule has 0 aliphatic carbocycles. The van der Waals surface area contributed by atoms with E-state index in [-0.39, 0.29) is 6.04 Å². The zero-order valence-corrected chi connectivity index (χ0v) is 9.66. The van der Waals surface area contributed by atoms with Crippen LogP contribution in [0.1, 0.15) is 29.4 Å². The van der Waals surface area contributed by atoms with Crippen molar-refractivity contribution in [1.29, 1.82) is 0 Å². The lowest BCUT2D eigenvalue weighted by Crippen LogP contribution is -2.12. The number of imidazole rings is 1. The lowest BCUT2D eigenvalue weighted by molar-refractivity contribution is 0.667. The minimum absolute atomic E-state index is 0.00670. The minimum Gasteiger partial charge on any atom is -0.327 e. The lowest BCUT2D eigenvalue weighted by Gasteiger charge is -2.08. The van der Waals surface area contributed by atoms with Gasteiger partial charge >= 0.3 is 0 Å². The van der Waals surface area contributed by atoms with Crippen LogP contribution in [0.4, 0.5) is 0 Å². The Labute approximate surface area is 92.8 Å². The van der Waals surface area contributed by atoms with Crippen LogP contribution in [0.2, 0.25) is 0 Å². The number of hydrogen-bond donors (Lipinski definition) is 1. The van der Waals surface area contributed by atoms with Crippen LogP contribution < -0.4 is 5.73 Å². The van der Waals surface area contributed by atoms with Crippen molar-refractivity contribution in [2.75, 3.05) is 0 Å². The second-order valence-corrected chi connectivity index (χ2v) is 4.66. The fourth-order valence-electron chi connectivity index (χ4n) is 1.50. The van der Waals surface area contributed by atoms with E-state index >= 15 is 0 Å². The Balaban J connectivity index is 2.20. The molecule has 0 saturated carbocycles. The molecule has 0 amide bonds. The van der Waals surface area contributed by atoms with E-state index < -0.39 is 0 Å². The minimum atomic E-state index is 0.00670. The summed E-state index contributed by atoms with van der Waals surface area (Å²) in [7, 11) is 0. The smallest absolute Gasteiger partial charge is 0.0952 e. The first-order chi connectivity index (χ1) is 7.16. The molecular formula is C10H14N4S. The highest BCUT2D eigenvalue weighted by atomic mass is 32.1. The summed E-state index contributed by atoms with van der Waals surface area (Å²) in [4.78, 5) is 8.52. The Kier molecular flexibility index (Phi) is 2.83. The molecule has 5 heteroatoms. The van der Waals surface area contributed by atoms with Crippen molar-refractivity contribution in [3.63, 3.8) is 0 Å². The third kappa shape index (κ3) is 2.24. The van der Waals surface area contributed by atoms with Crippen LogP contribution >= 0.6 is 11.3 Å². The molecule has 15 heavy (non-hydrogen) atoms. The summed E-state index contributed by atoms with van der Waals surface area (Å²) in [5, 5.41) is 3.16. The second kappa shape index (κ2) is 4.12. The molecule has 0 aliphatic heterocycles. The summed E-state index contributed by atoms with van der Waals surface area (Å²) in [6.07, 6.45) is 3.61. The SMILES string of the molecule is Cc1nc(Cn2cncc2[C@H](C)N)cs1. The number of hydrogen-bond acceptors (Lipinski definition) is 4. The van der Waals surface area contributed by atoms with Gasteiger partial charge in [-0.25, -0.2) is 9.97 Å². The molecule has 0 unspecified atom stereocenters. The molecular weight excluding hydrogens is 208 g/mol. The van der Waals surface area contributed by atoms with Gasteiger partial charge in [0, 0.05) is 17.6 Å². The molecule has 0 fully saturated rings. The zero-order chi connectivity index (χ0) is 10.8. The first kappa shape index (κ1) is 10.3.